The molecule has 23 heavy (non-hydrogen) atoms. The van der Waals surface area contributed by atoms with Gasteiger partial charge in [-0.25, -0.2) is 0 Å². The van der Waals surface area contributed by atoms with E-state index in [1.807, 2.05) is 30.3 Å². The Morgan fingerprint density at radius 3 is 2.83 bits per heavy atom. The summed E-state index contributed by atoms with van der Waals surface area (Å²) >= 11 is 0. The fraction of sp³-hybridized carbons (Fsp3) is 0.400. The van der Waals surface area contributed by atoms with Gasteiger partial charge in [0, 0.05) is 13.1 Å². The van der Waals surface area contributed by atoms with Gasteiger partial charge in [-0.05, 0) is 12.1 Å². The van der Waals surface area contributed by atoms with Crippen LogP contribution in [-0.2, 0) is 16.2 Å². The molecule has 8 heteroatoms. The molecule has 1 aromatic heterocycles. The molecule has 8 nitrogen and oxygen atoms in total. The highest BCUT2D eigenvalue weighted by Gasteiger charge is 2.11. The molecule has 1 aliphatic heterocycles. The third kappa shape index (κ3) is 4.51. The lowest BCUT2D eigenvalue weighted by Crippen LogP contribution is -2.41. The second kappa shape index (κ2) is 7.70. The Balaban J connectivity index is 1.48. The number of benzene rings is 1. The Morgan fingerprint density at radius 1 is 1.26 bits per heavy atom. The minimum atomic E-state index is 0.233. The first-order chi connectivity index (χ1) is 11.3. The molecule has 2 N–H and O–H groups in total. The van der Waals surface area contributed by atoms with E-state index in [0.29, 0.717) is 18.1 Å². The van der Waals surface area contributed by atoms with Gasteiger partial charge in [0.1, 0.15) is 5.69 Å². The van der Waals surface area contributed by atoms with Gasteiger partial charge in [0.15, 0.2) is 12.4 Å². The van der Waals surface area contributed by atoms with Crippen molar-refractivity contribution in [2.45, 2.75) is 6.61 Å². The zero-order valence-corrected chi connectivity index (χ0v) is 12.8. The average Bonchev–Trinajstić information content (AvgIpc) is 3.05. The zero-order valence-electron chi connectivity index (χ0n) is 12.8. The summed E-state index contributed by atoms with van der Waals surface area (Å²) < 4.78 is 5.29. The maximum Gasteiger partial charge on any atom is 0.162 e. The number of para-hydroxylation sites is 1. The zero-order chi connectivity index (χ0) is 15.9. The number of amidine groups is 1. The van der Waals surface area contributed by atoms with E-state index in [2.05, 4.69) is 20.3 Å². The highest BCUT2D eigenvalue weighted by atomic mass is 16.6. The van der Waals surface area contributed by atoms with Crippen LogP contribution < -0.4 is 5.73 Å². The minimum absolute atomic E-state index is 0.233. The van der Waals surface area contributed by atoms with E-state index in [1.54, 1.807) is 11.0 Å². The largest absolute Gasteiger partial charge is 0.388 e. The molecular weight excluding hydrogens is 296 g/mol. The maximum atomic E-state index is 5.87. The summed E-state index contributed by atoms with van der Waals surface area (Å²) in [4.78, 5) is 8.99. The smallest absolute Gasteiger partial charge is 0.162 e. The lowest BCUT2D eigenvalue weighted by Gasteiger charge is -2.25. The molecule has 0 atom stereocenters. The molecule has 0 spiro atoms. The molecule has 2 heterocycles. The van der Waals surface area contributed by atoms with E-state index in [4.69, 9.17) is 15.3 Å². The first-order valence-electron chi connectivity index (χ1n) is 7.52. The van der Waals surface area contributed by atoms with Gasteiger partial charge >= 0.3 is 0 Å². The fourth-order valence-corrected chi connectivity index (χ4v) is 2.25. The average molecular weight is 316 g/mol. The molecule has 0 aliphatic carbocycles. The molecule has 0 bridgehead atoms. The van der Waals surface area contributed by atoms with Crippen LogP contribution in [0.3, 0.4) is 0 Å². The number of hydrogen-bond acceptors (Lipinski definition) is 6. The van der Waals surface area contributed by atoms with Gasteiger partial charge in [-0.15, -0.1) is 5.10 Å². The molecule has 0 unspecified atom stereocenters. The molecule has 0 amide bonds. The highest BCUT2D eigenvalue weighted by Crippen LogP contribution is 2.05. The van der Waals surface area contributed by atoms with E-state index in [1.165, 1.54) is 0 Å². The maximum absolute atomic E-state index is 5.87. The molecular formula is C15H20N6O2. The Labute approximate surface area is 134 Å². The van der Waals surface area contributed by atoms with E-state index >= 15 is 0 Å². The Morgan fingerprint density at radius 2 is 2.04 bits per heavy atom. The van der Waals surface area contributed by atoms with Gasteiger partial charge in [-0.2, -0.15) is 9.90 Å². The Bertz CT molecular complexity index is 636. The van der Waals surface area contributed by atoms with Crippen molar-refractivity contribution in [3.8, 4) is 5.69 Å². The third-order valence-electron chi connectivity index (χ3n) is 3.41. The van der Waals surface area contributed by atoms with Crippen LogP contribution in [0.2, 0.25) is 0 Å². The van der Waals surface area contributed by atoms with Crippen LogP contribution >= 0.6 is 0 Å². The van der Waals surface area contributed by atoms with E-state index in [-0.39, 0.29) is 6.61 Å². The van der Waals surface area contributed by atoms with Crippen molar-refractivity contribution in [1.82, 2.24) is 19.9 Å². The third-order valence-corrected chi connectivity index (χ3v) is 3.41. The molecule has 1 aromatic carbocycles. The minimum Gasteiger partial charge on any atom is -0.388 e. The molecule has 122 valence electrons. The van der Waals surface area contributed by atoms with Crippen LogP contribution in [0.4, 0.5) is 0 Å². The van der Waals surface area contributed by atoms with Crippen LogP contribution in [0.5, 0.6) is 0 Å². The molecule has 1 fully saturated rings. The summed E-state index contributed by atoms with van der Waals surface area (Å²) in [6.45, 7) is 4.01. The first-order valence-corrected chi connectivity index (χ1v) is 7.52. The standard InChI is InChI=1S/C15H20N6O2/c16-15(11-20-6-8-22-9-7-20)19-23-12-13-10-17-21(18-13)14-4-2-1-3-5-14/h1-5,10H,6-9,11-12H2,(H2,16,19). The van der Waals surface area contributed by atoms with Crippen LogP contribution in [-0.4, -0.2) is 58.6 Å². The van der Waals surface area contributed by atoms with Gasteiger partial charge in [0.25, 0.3) is 0 Å². The van der Waals surface area contributed by atoms with Gasteiger partial charge in [-0.3, -0.25) is 4.90 Å². The normalized spacial score (nSPS) is 16.4. The van der Waals surface area contributed by atoms with Crippen molar-refractivity contribution in [2.24, 2.45) is 10.9 Å². The number of nitrogens with zero attached hydrogens (tertiary/aromatic N) is 5. The van der Waals surface area contributed by atoms with Crippen LogP contribution in [0, 0.1) is 0 Å². The second-order valence-electron chi connectivity index (χ2n) is 5.21. The highest BCUT2D eigenvalue weighted by molar-refractivity contribution is 5.81. The SMILES string of the molecule is NC(CN1CCOCC1)=NOCc1cnn(-c2ccccc2)n1. The van der Waals surface area contributed by atoms with Crippen molar-refractivity contribution in [3.05, 3.63) is 42.2 Å². The van der Waals surface area contributed by atoms with Gasteiger partial charge in [0.2, 0.25) is 0 Å². The van der Waals surface area contributed by atoms with Crippen molar-refractivity contribution < 1.29 is 9.57 Å². The lowest BCUT2D eigenvalue weighted by molar-refractivity contribution is 0.0442. The number of ether oxygens (including phenoxy) is 1. The predicted octanol–water partition coefficient (Wildman–Crippen LogP) is 0.388. The molecule has 1 aliphatic rings. The number of hydrogen-bond donors (Lipinski definition) is 1. The van der Waals surface area contributed by atoms with Crippen molar-refractivity contribution in [3.63, 3.8) is 0 Å². The molecule has 3 rings (SSSR count). The van der Waals surface area contributed by atoms with E-state index < -0.39 is 0 Å². The number of oxime groups is 1. The van der Waals surface area contributed by atoms with Gasteiger partial charge in [-0.1, -0.05) is 23.4 Å². The summed E-state index contributed by atoms with van der Waals surface area (Å²) in [5.74, 6) is 0.447. The van der Waals surface area contributed by atoms with Crippen molar-refractivity contribution in [1.29, 1.82) is 0 Å². The Kier molecular flexibility index (Phi) is 5.17. The molecule has 0 saturated carbocycles. The number of rotatable bonds is 6. The fourth-order valence-electron chi connectivity index (χ4n) is 2.25. The molecule has 0 radical (unpaired) electrons. The quantitative estimate of drug-likeness (QED) is 0.471. The Hall–Kier alpha value is -2.45. The van der Waals surface area contributed by atoms with Crippen LogP contribution in [0.25, 0.3) is 5.69 Å². The summed E-state index contributed by atoms with van der Waals surface area (Å²) in [6, 6.07) is 9.69. The summed E-state index contributed by atoms with van der Waals surface area (Å²) in [5, 5.41) is 12.5. The molecule has 2 aromatic rings. The van der Waals surface area contributed by atoms with Gasteiger partial charge in [0.05, 0.1) is 31.6 Å². The van der Waals surface area contributed by atoms with Crippen LogP contribution in [0.15, 0.2) is 41.7 Å². The topological polar surface area (TPSA) is 90.8 Å². The summed E-state index contributed by atoms with van der Waals surface area (Å²) in [7, 11) is 0. The second-order valence-corrected chi connectivity index (χ2v) is 5.21. The molecule has 1 saturated heterocycles. The number of morpholine rings is 1. The predicted molar refractivity (Wildman–Crippen MR) is 85.0 cm³/mol. The number of aromatic nitrogens is 3. The van der Waals surface area contributed by atoms with Gasteiger partial charge < -0.3 is 15.3 Å². The number of nitrogens with two attached hydrogens (primary N) is 1. The first kappa shape index (κ1) is 15.4. The monoisotopic (exact) mass is 316 g/mol. The van der Waals surface area contributed by atoms with Crippen LogP contribution in [0.1, 0.15) is 5.69 Å². The van der Waals surface area contributed by atoms with Crippen molar-refractivity contribution >= 4 is 5.84 Å². The van der Waals surface area contributed by atoms with E-state index in [0.717, 1.165) is 32.0 Å². The summed E-state index contributed by atoms with van der Waals surface area (Å²) in [6.07, 6.45) is 1.65. The van der Waals surface area contributed by atoms with E-state index in [9.17, 15) is 0 Å². The van der Waals surface area contributed by atoms with Crippen molar-refractivity contribution in [2.75, 3.05) is 32.8 Å². The summed E-state index contributed by atoms with van der Waals surface area (Å²) in [5.41, 5.74) is 7.45. The lowest BCUT2D eigenvalue weighted by atomic mass is 10.3.